The number of ether oxygens (including phenoxy) is 1. The van der Waals surface area contributed by atoms with Crippen LogP contribution in [0.3, 0.4) is 0 Å². The van der Waals surface area contributed by atoms with Crippen LogP contribution in [0.15, 0.2) is 52.9 Å². The van der Waals surface area contributed by atoms with E-state index in [4.69, 9.17) is 20.8 Å². The number of nitro groups is 1. The van der Waals surface area contributed by atoms with E-state index in [2.05, 4.69) is 10.2 Å². The molecule has 0 radical (unpaired) electrons. The standard InChI is InChI=1S/C17H12ClN3O5/c1-10(15-19-20-16(26-15)11-5-3-2-4-6-11)25-17(22)13-9-12(18)7-8-14(13)21(23)24/h2-10H,1H3/t10-/m0/s1. The number of nitrogens with zero attached hydrogens (tertiary/aromatic N) is 3. The first-order valence-electron chi connectivity index (χ1n) is 7.49. The SMILES string of the molecule is C[C@H](OC(=O)c1cc(Cl)ccc1[N+](=O)[O-])c1nnc(-c2ccccc2)o1. The van der Waals surface area contributed by atoms with Gasteiger partial charge in [0, 0.05) is 16.7 Å². The molecule has 0 saturated heterocycles. The van der Waals surface area contributed by atoms with Crippen molar-refractivity contribution in [3.63, 3.8) is 0 Å². The molecule has 0 spiro atoms. The summed E-state index contributed by atoms with van der Waals surface area (Å²) in [7, 11) is 0. The average molecular weight is 374 g/mol. The van der Waals surface area contributed by atoms with Crippen molar-refractivity contribution in [2.24, 2.45) is 0 Å². The third-order valence-corrected chi connectivity index (χ3v) is 3.70. The minimum Gasteiger partial charge on any atom is -0.449 e. The van der Waals surface area contributed by atoms with Gasteiger partial charge in [0.2, 0.25) is 5.89 Å². The topological polar surface area (TPSA) is 108 Å². The van der Waals surface area contributed by atoms with Crippen LogP contribution in [-0.4, -0.2) is 21.1 Å². The van der Waals surface area contributed by atoms with E-state index in [1.807, 2.05) is 18.2 Å². The van der Waals surface area contributed by atoms with Crippen molar-refractivity contribution in [2.45, 2.75) is 13.0 Å². The minimum atomic E-state index is -0.911. The second-order valence-corrected chi connectivity index (χ2v) is 5.71. The molecular formula is C17H12ClN3O5. The summed E-state index contributed by atoms with van der Waals surface area (Å²) in [5.41, 5.74) is 0.0644. The van der Waals surface area contributed by atoms with Gasteiger partial charge in [-0.2, -0.15) is 0 Å². The summed E-state index contributed by atoms with van der Waals surface area (Å²) in [6.45, 7) is 1.52. The Bertz CT molecular complexity index is 958. The van der Waals surface area contributed by atoms with Gasteiger partial charge in [0.1, 0.15) is 5.56 Å². The summed E-state index contributed by atoms with van der Waals surface area (Å²) >= 11 is 5.82. The Morgan fingerprint density at radius 1 is 1.23 bits per heavy atom. The molecule has 1 heterocycles. The number of halogens is 1. The van der Waals surface area contributed by atoms with E-state index in [1.54, 1.807) is 12.1 Å². The van der Waals surface area contributed by atoms with Gasteiger partial charge in [0.25, 0.3) is 11.6 Å². The molecule has 8 nitrogen and oxygen atoms in total. The lowest BCUT2D eigenvalue weighted by atomic mass is 10.2. The van der Waals surface area contributed by atoms with Gasteiger partial charge < -0.3 is 9.15 Å². The fourth-order valence-electron chi connectivity index (χ4n) is 2.20. The number of nitro benzene ring substituents is 1. The van der Waals surface area contributed by atoms with E-state index in [0.29, 0.717) is 0 Å². The Kier molecular flexibility index (Phi) is 4.94. The molecule has 0 bridgehead atoms. The van der Waals surface area contributed by atoms with Crippen molar-refractivity contribution in [2.75, 3.05) is 0 Å². The molecule has 26 heavy (non-hydrogen) atoms. The van der Waals surface area contributed by atoms with E-state index < -0.39 is 22.7 Å². The highest BCUT2D eigenvalue weighted by Gasteiger charge is 2.26. The molecule has 0 fully saturated rings. The lowest BCUT2D eigenvalue weighted by molar-refractivity contribution is -0.385. The molecule has 0 N–H and O–H groups in total. The highest BCUT2D eigenvalue weighted by molar-refractivity contribution is 6.31. The number of carbonyl (C=O) groups is 1. The zero-order valence-electron chi connectivity index (χ0n) is 13.5. The van der Waals surface area contributed by atoms with Crippen molar-refractivity contribution in [3.8, 4) is 11.5 Å². The molecule has 0 unspecified atom stereocenters. The summed E-state index contributed by atoms with van der Waals surface area (Å²) in [4.78, 5) is 22.7. The summed E-state index contributed by atoms with van der Waals surface area (Å²) in [5.74, 6) is -0.565. The van der Waals surface area contributed by atoms with Crippen LogP contribution in [0.4, 0.5) is 5.69 Å². The van der Waals surface area contributed by atoms with E-state index in [9.17, 15) is 14.9 Å². The van der Waals surface area contributed by atoms with Crippen molar-refractivity contribution in [1.82, 2.24) is 10.2 Å². The van der Waals surface area contributed by atoms with E-state index in [0.717, 1.165) is 11.6 Å². The zero-order valence-corrected chi connectivity index (χ0v) is 14.2. The number of hydrogen-bond donors (Lipinski definition) is 0. The fraction of sp³-hybridized carbons (Fsp3) is 0.118. The molecule has 9 heteroatoms. The normalized spacial score (nSPS) is 11.8. The summed E-state index contributed by atoms with van der Waals surface area (Å²) < 4.78 is 10.7. The van der Waals surface area contributed by atoms with Gasteiger partial charge in [-0.25, -0.2) is 4.79 Å². The molecule has 2 aromatic carbocycles. The molecule has 0 saturated carbocycles. The van der Waals surface area contributed by atoms with Crippen LogP contribution in [0.1, 0.15) is 29.3 Å². The Labute approximate surface area is 152 Å². The summed E-state index contributed by atoms with van der Waals surface area (Å²) in [5, 5.41) is 19.0. The van der Waals surface area contributed by atoms with Crippen LogP contribution < -0.4 is 0 Å². The summed E-state index contributed by atoms with van der Waals surface area (Å²) in [6, 6.07) is 12.7. The highest BCUT2D eigenvalue weighted by atomic mass is 35.5. The Hall–Kier alpha value is -3.26. The number of carbonyl (C=O) groups excluding carboxylic acids is 1. The van der Waals surface area contributed by atoms with Crippen LogP contribution in [-0.2, 0) is 4.74 Å². The lowest BCUT2D eigenvalue weighted by Gasteiger charge is -2.09. The first-order chi connectivity index (χ1) is 12.5. The number of rotatable bonds is 5. The van der Waals surface area contributed by atoms with Gasteiger partial charge in [-0.1, -0.05) is 29.8 Å². The summed E-state index contributed by atoms with van der Waals surface area (Å²) in [6.07, 6.45) is -0.897. The molecule has 132 valence electrons. The molecule has 0 amide bonds. The average Bonchev–Trinajstić information content (AvgIpc) is 3.12. The second-order valence-electron chi connectivity index (χ2n) is 5.28. The van der Waals surface area contributed by atoms with Crippen LogP contribution in [0, 0.1) is 10.1 Å². The third-order valence-electron chi connectivity index (χ3n) is 3.47. The molecule has 0 aliphatic carbocycles. The molecule has 0 aliphatic heterocycles. The monoisotopic (exact) mass is 373 g/mol. The smallest absolute Gasteiger partial charge is 0.345 e. The van der Waals surface area contributed by atoms with Gasteiger partial charge in [0.15, 0.2) is 6.10 Å². The quantitative estimate of drug-likeness (QED) is 0.374. The predicted molar refractivity (Wildman–Crippen MR) is 91.7 cm³/mol. The lowest BCUT2D eigenvalue weighted by Crippen LogP contribution is -2.11. The molecular weight excluding hydrogens is 362 g/mol. The van der Waals surface area contributed by atoms with Crippen LogP contribution in [0.5, 0.6) is 0 Å². The maximum atomic E-state index is 12.3. The number of hydrogen-bond acceptors (Lipinski definition) is 7. The van der Waals surface area contributed by atoms with Gasteiger partial charge >= 0.3 is 5.97 Å². The van der Waals surface area contributed by atoms with Crippen molar-refractivity contribution in [1.29, 1.82) is 0 Å². The molecule has 1 atom stereocenters. The van der Waals surface area contributed by atoms with Gasteiger partial charge in [-0.15, -0.1) is 10.2 Å². The van der Waals surface area contributed by atoms with Crippen LogP contribution in [0.25, 0.3) is 11.5 Å². The van der Waals surface area contributed by atoms with Gasteiger partial charge in [-0.05, 0) is 31.2 Å². The second kappa shape index (κ2) is 7.32. The van der Waals surface area contributed by atoms with Crippen molar-refractivity contribution < 1.29 is 18.9 Å². The van der Waals surface area contributed by atoms with Gasteiger partial charge in [0.05, 0.1) is 4.92 Å². The largest absolute Gasteiger partial charge is 0.449 e. The maximum Gasteiger partial charge on any atom is 0.345 e. The van der Waals surface area contributed by atoms with E-state index >= 15 is 0 Å². The first kappa shape index (κ1) is 17.6. The van der Waals surface area contributed by atoms with Gasteiger partial charge in [-0.3, -0.25) is 10.1 Å². The minimum absolute atomic E-state index is 0.0712. The molecule has 0 aliphatic rings. The maximum absolute atomic E-state index is 12.3. The van der Waals surface area contributed by atoms with E-state index in [1.165, 1.54) is 19.1 Å². The number of aromatic nitrogens is 2. The third kappa shape index (κ3) is 3.70. The van der Waals surface area contributed by atoms with Crippen molar-refractivity contribution in [3.05, 3.63) is 75.1 Å². The number of esters is 1. The van der Waals surface area contributed by atoms with Crippen LogP contribution >= 0.6 is 11.6 Å². The Morgan fingerprint density at radius 3 is 2.65 bits per heavy atom. The molecule has 3 rings (SSSR count). The van der Waals surface area contributed by atoms with Crippen LogP contribution in [0.2, 0.25) is 5.02 Å². The Balaban J connectivity index is 1.79. The molecule has 1 aromatic heterocycles. The first-order valence-corrected chi connectivity index (χ1v) is 7.87. The highest BCUT2D eigenvalue weighted by Crippen LogP contribution is 2.27. The molecule has 3 aromatic rings. The zero-order chi connectivity index (χ0) is 18.7. The van der Waals surface area contributed by atoms with E-state index in [-0.39, 0.29) is 22.4 Å². The fourth-order valence-corrected chi connectivity index (χ4v) is 2.37. The Morgan fingerprint density at radius 2 is 1.96 bits per heavy atom. The number of benzene rings is 2. The predicted octanol–water partition coefficient (Wildman–Crippen LogP) is 4.22. The van der Waals surface area contributed by atoms with Crippen molar-refractivity contribution >= 4 is 23.3 Å².